The number of carbonyl (C=O) groups is 2. The van der Waals surface area contributed by atoms with E-state index in [1.54, 1.807) is 0 Å². The van der Waals surface area contributed by atoms with E-state index in [1.165, 1.54) is 0 Å². The fourth-order valence-corrected chi connectivity index (χ4v) is 4.50. The van der Waals surface area contributed by atoms with Gasteiger partial charge in [0, 0.05) is 37.3 Å². The molecule has 2 amide bonds. The Labute approximate surface area is 204 Å². The van der Waals surface area contributed by atoms with Crippen molar-refractivity contribution in [2.75, 3.05) is 26.2 Å². The molecule has 34 heavy (non-hydrogen) atoms. The summed E-state index contributed by atoms with van der Waals surface area (Å²) in [4.78, 5) is 30.4. The van der Waals surface area contributed by atoms with Crippen LogP contribution in [0.5, 0.6) is 0 Å². The number of rotatable bonds is 12. The minimum atomic E-state index is -0.0138. The summed E-state index contributed by atoms with van der Waals surface area (Å²) in [6.07, 6.45) is 6.30. The summed E-state index contributed by atoms with van der Waals surface area (Å²) in [5, 5.41) is 6.54. The van der Waals surface area contributed by atoms with Crippen LogP contribution in [0.1, 0.15) is 73.1 Å². The van der Waals surface area contributed by atoms with Gasteiger partial charge in [-0.15, -0.1) is 0 Å². The van der Waals surface area contributed by atoms with Crippen LogP contribution in [-0.4, -0.2) is 60.1 Å². The van der Waals surface area contributed by atoms with Gasteiger partial charge in [0.2, 0.25) is 0 Å². The average Bonchev–Trinajstić information content (AvgIpc) is 2.90. The summed E-state index contributed by atoms with van der Waals surface area (Å²) in [6.45, 7) is 7.84. The number of hydrogen-bond acceptors (Lipinski definition) is 4. The molecule has 0 aromatic heterocycles. The number of benzene rings is 2. The van der Waals surface area contributed by atoms with Crippen molar-refractivity contribution >= 4 is 11.8 Å². The zero-order chi connectivity index (χ0) is 24.2. The fourth-order valence-electron chi connectivity index (χ4n) is 4.50. The monoisotopic (exact) mass is 464 g/mol. The fraction of sp³-hybridized carbons (Fsp3) is 0.500. The first-order valence-corrected chi connectivity index (χ1v) is 12.8. The van der Waals surface area contributed by atoms with Crippen molar-refractivity contribution in [2.24, 2.45) is 0 Å². The summed E-state index contributed by atoms with van der Waals surface area (Å²) < 4.78 is 0. The molecular weight excluding hydrogens is 424 g/mol. The van der Waals surface area contributed by atoms with Crippen LogP contribution in [0.3, 0.4) is 0 Å². The highest BCUT2D eigenvalue weighted by molar-refractivity contribution is 5.94. The van der Waals surface area contributed by atoms with Crippen molar-refractivity contribution < 1.29 is 9.59 Å². The van der Waals surface area contributed by atoms with E-state index in [1.807, 2.05) is 60.7 Å². The van der Waals surface area contributed by atoms with Crippen molar-refractivity contribution in [1.29, 1.82) is 0 Å². The Balaban J connectivity index is 1.60. The summed E-state index contributed by atoms with van der Waals surface area (Å²) in [6, 6.07) is 18.9. The number of nitrogens with zero attached hydrogens (tertiary/aromatic N) is 2. The van der Waals surface area contributed by atoms with E-state index in [0.717, 1.165) is 64.7 Å². The second kappa shape index (κ2) is 13.9. The molecule has 0 radical (unpaired) electrons. The van der Waals surface area contributed by atoms with Gasteiger partial charge in [0.25, 0.3) is 11.8 Å². The Morgan fingerprint density at radius 3 is 1.35 bits per heavy atom. The molecule has 0 saturated carbocycles. The van der Waals surface area contributed by atoms with Crippen LogP contribution in [0, 0.1) is 0 Å². The molecule has 1 saturated heterocycles. The molecule has 2 N–H and O–H groups in total. The van der Waals surface area contributed by atoms with Gasteiger partial charge in [-0.1, -0.05) is 75.9 Å². The van der Waals surface area contributed by atoms with Crippen molar-refractivity contribution in [3.63, 3.8) is 0 Å². The third kappa shape index (κ3) is 7.67. The van der Waals surface area contributed by atoms with Crippen LogP contribution in [0.15, 0.2) is 60.7 Å². The molecule has 2 atom stereocenters. The Morgan fingerprint density at radius 2 is 1.03 bits per heavy atom. The zero-order valence-electron chi connectivity index (χ0n) is 20.7. The molecule has 0 spiro atoms. The molecule has 1 aliphatic heterocycles. The van der Waals surface area contributed by atoms with Crippen LogP contribution >= 0.6 is 0 Å². The molecule has 184 valence electrons. The predicted octanol–water partition coefficient (Wildman–Crippen LogP) is 4.50. The van der Waals surface area contributed by atoms with E-state index in [-0.39, 0.29) is 24.1 Å². The number of amides is 2. The lowest BCUT2D eigenvalue weighted by Crippen LogP contribution is -2.60. The van der Waals surface area contributed by atoms with Crippen LogP contribution in [-0.2, 0) is 0 Å². The predicted molar refractivity (Wildman–Crippen MR) is 138 cm³/mol. The SMILES string of the molecule is CCCCC(NC(=O)c1ccccc1)N1CCN(C(CCCC)NC(=O)c2ccccc2)CC1. The highest BCUT2D eigenvalue weighted by atomic mass is 16.2. The molecule has 1 aliphatic rings. The standard InChI is InChI=1S/C28H40N4O2/c1-3-5-17-25(29-27(33)23-13-9-7-10-14-23)31-19-21-32(22-20-31)26(18-6-4-2)30-28(34)24-15-11-8-12-16-24/h7-16,25-26H,3-6,17-22H2,1-2H3,(H,29,33)(H,30,34). The van der Waals surface area contributed by atoms with Crippen molar-refractivity contribution in [1.82, 2.24) is 20.4 Å². The van der Waals surface area contributed by atoms with Gasteiger partial charge in [-0.05, 0) is 37.1 Å². The summed E-state index contributed by atoms with van der Waals surface area (Å²) in [5.41, 5.74) is 1.40. The Morgan fingerprint density at radius 1 is 0.676 bits per heavy atom. The van der Waals surface area contributed by atoms with Crippen molar-refractivity contribution in [2.45, 2.75) is 64.7 Å². The number of carbonyl (C=O) groups excluding carboxylic acids is 2. The lowest BCUT2D eigenvalue weighted by Gasteiger charge is -2.42. The third-order valence-corrected chi connectivity index (χ3v) is 6.56. The molecule has 6 heteroatoms. The molecule has 6 nitrogen and oxygen atoms in total. The van der Waals surface area contributed by atoms with E-state index in [9.17, 15) is 9.59 Å². The second-order valence-electron chi connectivity index (χ2n) is 9.07. The maximum atomic E-state index is 12.8. The number of unbranched alkanes of at least 4 members (excludes halogenated alkanes) is 2. The van der Waals surface area contributed by atoms with Crippen molar-refractivity contribution in [3.8, 4) is 0 Å². The van der Waals surface area contributed by atoms with Crippen LogP contribution < -0.4 is 10.6 Å². The first kappa shape index (κ1) is 25.9. The van der Waals surface area contributed by atoms with Gasteiger partial charge in [0.1, 0.15) is 0 Å². The topological polar surface area (TPSA) is 64.7 Å². The molecule has 3 rings (SSSR count). The Bertz CT molecular complexity index is 793. The average molecular weight is 465 g/mol. The smallest absolute Gasteiger partial charge is 0.252 e. The number of nitrogens with one attached hydrogen (secondary N) is 2. The maximum absolute atomic E-state index is 12.8. The van der Waals surface area contributed by atoms with Crippen LogP contribution in [0.4, 0.5) is 0 Å². The Hall–Kier alpha value is -2.70. The minimum absolute atomic E-state index is 0.0138. The second-order valence-corrected chi connectivity index (χ2v) is 9.07. The highest BCUT2D eigenvalue weighted by Crippen LogP contribution is 2.16. The molecule has 2 aromatic rings. The van der Waals surface area contributed by atoms with Gasteiger partial charge < -0.3 is 10.6 Å². The van der Waals surface area contributed by atoms with Gasteiger partial charge in [-0.25, -0.2) is 0 Å². The zero-order valence-corrected chi connectivity index (χ0v) is 20.7. The van der Waals surface area contributed by atoms with Gasteiger partial charge >= 0.3 is 0 Å². The maximum Gasteiger partial charge on any atom is 0.252 e. The molecule has 0 bridgehead atoms. The number of piperazine rings is 1. The van der Waals surface area contributed by atoms with E-state index in [0.29, 0.717) is 11.1 Å². The highest BCUT2D eigenvalue weighted by Gasteiger charge is 2.29. The third-order valence-electron chi connectivity index (χ3n) is 6.56. The van der Waals surface area contributed by atoms with Crippen LogP contribution in [0.25, 0.3) is 0 Å². The van der Waals surface area contributed by atoms with Gasteiger partial charge in [-0.2, -0.15) is 0 Å². The molecule has 2 aromatic carbocycles. The largest absolute Gasteiger partial charge is 0.336 e. The molecular formula is C28H40N4O2. The normalized spacial score (nSPS) is 16.5. The molecule has 1 fully saturated rings. The van der Waals surface area contributed by atoms with E-state index in [2.05, 4.69) is 34.3 Å². The number of hydrogen-bond donors (Lipinski definition) is 2. The summed E-state index contributed by atoms with van der Waals surface area (Å²) in [7, 11) is 0. The van der Waals surface area contributed by atoms with E-state index in [4.69, 9.17) is 0 Å². The van der Waals surface area contributed by atoms with Crippen molar-refractivity contribution in [3.05, 3.63) is 71.8 Å². The lowest BCUT2D eigenvalue weighted by atomic mass is 10.1. The first-order chi connectivity index (χ1) is 16.6. The lowest BCUT2D eigenvalue weighted by molar-refractivity contribution is 0.0373. The molecule has 2 unspecified atom stereocenters. The quantitative estimate of drug-likeness (QED) is 0.486. The van der Waals surface area contributed by atoms with Crippen LogP contribution in [0.2, 0.25) is 0 Å². The first-order valence-electron chi connectivity index (χ1n) is 12.8. The van der Waals surface area contributed by atoms with Gasteiger partial charge in [0.05, 0.1) is 12.3 Å². The van der Waals surface area contributed by atoms with E-state index < -0.39 is 0 Å². The molecule has 1 heterocycles. The minimum Gasteiger partial charge on any atom is -0.336 e. The molecule has 0 aliphatic carbocycles. The van der Waals surface area contributed by atoms with Gasteiger partial charge in [-0.3, -0.25) is 19.4 Å². The summed E-state index contributed by atoms with van der Waals surface area (Å²) in [5.74, 6) is -0.0276. The Kier molecular flexibility index (Phi) is 10.6. The van der Waals surface area contributed by atoms with E-state index >= 15 is 0 Å². The van der Waals surface area contributed by atoms with Gasteiger partial charge in [0.15, 0.2) is 0 Å². The summed E-state index contributed by atoms with van der Waals surface area (Å²) >= 11 is 0.